The van der Waals surface area contributed by atoms with E-state index in [0.29, 0.717) is 11.4 Å². The van der Waals surface area contributed by atoms with Gasteiger partial charge in [-0.3, -0.25) is 4.79 Å². The Balaban J connectivity index is 1.48. The molecule has 5 nitrogen and oxygen atoms in total. The Morgan fingerprint density at radius 2 is 1.84 bits per heavy atom. The van der Waals surface area contributed by atoms with Crippen LogP contribution in [-0.2, 0) is 23.3 Å². The fourth-order valence-corrected chi connectivity index (χ4v) is 3.93. The SMILES string of the molecule is O=C(Cn1c(C(F)(F)F)nc2ccccc21)Nc1cccc(CSc2ccccn2)c1. The number of halogens is 3. The fraction of sp³-hybridized carbons (Fsp3) is 0.136. The highest BCUT2D eigenvalue weighted by molar-refractivity contribution is 7.98. The summed E-state index contributed by atoms with van der Waals surface area (Å²) in [4.78, 5) is 20.5. The molecule has 0 unspecified atom stereocenters. The Morgan fingerprint density at radius 3 is 2.61 bits per heavy atom. The van der Waals surface area contributed by atoms with Crippen molar-refractivity contribution in [3.63, 3.8) is 0 Å². The molecule has 0 aliphatic rings. The van der Waals surface area contributed by atoms with Crippen LogP contribution in [0.15, 0.2) is 78.0 Å². The monoisotopic (exact) mass is 442 g/mol. The summed E-state index contributed by atoms with van der Waals surface area (Å²) in [5, 5.41) is 3.56. The van der Waals surface area contributed by atoms with Gasteiger partial charge in [-0.1, -0.05) is 30.3 Å². The van der Waals surface area contributed by atoms with E-state index < -0.39 is 24.5 Å². The fourth-order valence-electron chi connectivity index (χ4n) is 3.12. The van der Waals surface area contributed by atoms with Crippen molar-refractivity contribution < 1.29 is 18.0 Å². The van der Waals surface area contributed by atoms with Gasteiger partial charge in [-0.15, -0.1) is 11.8 Å². The average Bonchev–Trinajstić information content (AvgIpc) is 3.12. The van der Waals surface area contributed by atoms with Gasteiger partial charge in [0.1, 0.15) is 6.54 Å². The van der Waals surface area contributed by atoms with Gasteiger partial charge in [0.25, 0.3) is 0 Å². The summed E-state index contributed by atoms with van der Waals surface area (Å²) in [7, 11) is 0. The molecule has 0 atom stereocenters. The molecule has 0 aliphatic carbocycles. The van der Waals surface area contributed by atoms with Gasteiger partial charge in [0.05, 0.1) is 16.1 Å². The van der Waals surface area contributed by atoms with Gasteiger partial charge in [-0.2, -0.15) is 13.2 Å². The van der Waals surface area contributed by atoms with Crippen molar-refractivity contribution in [1.29, 1.82) is 0 Å². The van der Waals surface area contributed by atoms with E-state index in [1.54, 1.807) is 48.3 Å². The third-order valence-corrected chi connectivity index (χ3v) is 5.46. The number of aromatic nitrogens is 3. The van der Waals surface area contributed by atoms with E-state index >= 15 is 0 Å². The molecule has 0 fully saturated rings. The van der Waals surface area contributed by atoms with E-state index in [-0.39, 0.29) is 11.0 Å². The van der Waals surface area contributed by atoms with Crippen molar-refractivity contribution in [1.82, 2.24) is 14.5 Å². The smallest absolute Gasteiger partial charge is 0.325 e. The number of fused-ring (bicyclic) bond motifs is 1. The van der Waals surface area contributed by atoms with Crippen LogP contribution in [0.5, 0.6) is 0 Å². The molecule has 2 heterocycles. The predicted molar refractivity (Wildman–Crippen MR) is 114 cm³/mol. The number of benzene rings is 2. The normalized spacial score (nSPS) is 11.6. The molecule has 4 rings (SSSR count). The van der Waals surface area contributed by atoms with Gasteiger partial charge in [-0.05, 0) is 42.0 Å². The van der Waals surface area contributed by atoms with Gasteiger partial charge in [0.15, 0.2) is 0 Å². The number of thioether (sulfide) groups is 1. The first kappa shape index (κ1) is 20.9. The summed E-state index contributed by atoms with van der Waals surface area (Å²) < 4.78 is 41.2. The number of imidazole rings is 1. The lowest BCUT2D eigenvalue weighted by atomic mass is 10.2. The van der Waals surface area contributed by atoms with Crippen LogP contribution in [0, 0.1) is 0 Å². The lowest BCUT2D eigenvalue weighted by Crippen LogP contribution is -2.23. The predicted octanol–water partition coefficient (Wildman–Crippen LogP) is 5.38. The Morgan fingerprint density at radius 1 is 1.03 bits per heavy atom. The second-order valence-corrected chi connectivity index (χ2v) is 7.71. The quantitative estimate of drug-likeness (QED) is 0.407. The van der Waals surface area contributed by atoms with E-state index in [0.717, 1.165) is 15.2 Å². The number of pyridine rings is 1. The summed E-state index contributed by atoms with van der Waals surface area (Å²) >= 11 is 1.55. The Hall–Kier alpha value is -3.33. The lowest BCUT2D eigenvalue weighted by molar-refractivity contribution is -0.147. The summed E-state index contributed by atoms with van der Waals surface area (Å²) in [5.41, 5.74) is 1.92. The highest BCUT2D eigenvalue weighted by Gasteiger charge is 2.38. The summed E-state index contributed by atoms with van der Waals surface area (Å²) in [6.07, 6.45) is -2.95. The minimum atomic E-state index is -4.66. The number of nitrogens with zero attached hydrogens (tertiary/aromatic N) is 3. The van der Waals surface area contributed by atoms with E-state index in [1.165, 1.54) is 12.1 Å². The van der Waals surface area contributed by atoms with Crippen LogP contribution < -0.4 is 5.32 Å². The van der Waals surface area contributed by atoms with Crippen molar-refractivity contribution in [3.05, 3.63) is 84.3 Å². The van der Waals surface area contributed by atoms with Crippen LogP contribution in [0.2, 0.25) is 0 Å². The van der Waals surface area contributed by atoms with Crippen molar-refractivity contribution in [2.45, 2.75) is 23.5 Å². The van der Waals surface area contributed by atoms with Gasteiger partial charge < -0.3 is 9.88 Å². The minimum Gasteiger partial charge on any atom is -0.325 e. The number of anilines is 1. The van der Waals surface area contributed by atoms with Crippen LogP contribution >= 0.6 is 11.8 Å². The first-order valence-corrected chi connectivity index (χ1v) is 10.3. The first-order chi connectivity index (χ1) is 14.9. The minimum absolute atomic E-state index is 0.191. The van der Waals surface area contributed by atoms with Crippen LogP contribution in [0.1, 0.15) is 11.4 Å². The highest BCUT2D eigenvalue weighted by Crippen LogP contribution is 2.31. The zero-order chi connectivity index (χ0) is 21.8. The number of hydrogen-bond acceptors (Lipinski definition) is 4. The molecule has 0 bridgehead atoms. The molecule has 158 valence electrons. The van der Waals surface area contributed by atoms with Crippen LogP contribution in [0.25, 0.3) is 11.0 Å². The molecule has 0 radical (unpaired) electrons. The maximum absolute atomic E-state index is 13.4. The number of alkyl halides is 3. The van der Waals surface area contributed by atoms with Crippen LogP contribution in [-0.4, -0.2) is 20.4 Å². The number of amides is 1. The number of rotatable bonds is 6. The van der Waals surface area contributed by atoms with Crippen molar-refractivity contribution in [2.24, 2.45) is 0 Å². The van der Waals surface area contributed by atoms with Crippen molar-refractivity contribution in [2.75, 3.05) is 5.32 Å². The number of hydrogen-bond donors (Lipinski definition) is 1. The molecule has 1 N–H and O–H groups in total. The molecule has 0 saturated carbocycles. The molecule has 9 heteroatoms. The third kappa shape index (κ3) is 5.05. The average molecular weight is 442 g/mol. The zero-order valence-corrected chi connectivity index (χ0v) is 17.0. The van der Waals surface area contributed by atoms with E-state index in [4.69, 9.17) is 0 Å². The number of carbonyl (C=O) groups is 1. The maximum Gasteiger partial charge on any atom is 0.449 e. The molecule has 0 aliphatic heterocycles. The molecular weight excluding hydrogens is 425 g/mol. The molecule has 2 aromatic heterocycles. The Labute approximate surface area is 180 Å². The van der Waals surface area contributed by atoms with E-state index in [1.807, 2.05) is 24.3 Å². The van der Waals surface area contributed by atoms with Gasteiger partial charge in [0, 0.05) is 17.6 Å². The first-order valence-electron chi connectivity index (χ1n) is 9.35. The molecule has 2 aromatic carbocycles. The number of nitrogens with one attached hydrogen (secondary N) is 1. The molecule has 4 aromatic rings. The van der Waals surface area contributed by atoms with Gasteiger partial charge >= 0.3 is 6.18 Å². The topological polar surface area (TPSA) is 59.8 Å². The zero-order valence-electron chi connectivity index (χ0n) is 16.1. The maximum atomic E-state index is 13.4. The highest BCUT2D eigenvalue weighted by atomic mass is 32.2. The van der Waals surface area contributed by atoms with Crippen LogP contribution in [0.3, 0.4) is 0 Å². The van der Waals surface area contributed by atoms with Crippen molar-refractivity contribution >= 4 is 34.4 Å². The van der Waals surface area contributed by atoms with Crippen LogP contribution in [0.4, 0.5) is 18.9 Å². The third-order valence-electron chi connectivity index (χ3n) is 4.45. The molecule has 0 spiro atoms. The number of carbonyl (C=O) groups excluding carboxylic acids is 1. The molecule has 1 amide bonds. The lowest BCUT2D eigenvalue weighted by Gasteiger charge is -2.12. The molecular formula is C22H17F3N4OS. The standard InChI is InChI=1S/C22H17F3N4OS/c23-22(24,25)21-28-17-8-1-2-9-18(17)29(21)13-19(30)27-16-7-5-6-15(12-16)14-31-20-10-3-4-11-26-20/h1-12H,13-14H2,(H,27,30). The van der Waals surface area contributed by atoms with E-state index in [2.05, 4.69) is 15.3 Å². The summed E-state index contributed by atoms with van der Waals surface area (Å²) in [5.74, 6) is -1.02. The molecule has 0 saturated heterocycles. The number of para-hydroxylation sites is 2. The Bertz CT molecular complexity index is 1210. The van der Waals surface area contributed by atoms with Gasteiger partial charge in [-0.25, -0.2) is 9.97 Å². The second-order valence-electron chi connectivity index (χ2n) is 6.71. The largest absolute Gasteiger partial charge is 0.449 e. The molecule has 31 heavy (non-hydrogen) atoms. The van der Waals surface area contributed by atoms with Gasteiger partial charge in [0.2, 0.25) is 11.7 Å². The van der Waals surface area contributed by atoms with E-state index in [9.17, 15) is 18.0 Å². The van der Waals surface area contributed by atoms with Crippen molar-refractivity contribution in [3.8, 4) is 0 Å². The second kappa shape index (κ2) is 8.81. The summed E-state index contributed by atoms with van der Waals surface area (Å²) in [6, 6.07) is 19.1. The Kier molecular flexibility index (Phi) is 5.94. The summed E-state index contributed by atoms with van der Waals surface area (Å²) in [6.45, 7) is -0.498.